The summed E-state index contributed by atoms with van der Waals surface area (Å²) in [6.45, 7) is 4.75. The Morgan fingerprint density at radius 2 is 1.95 bits per heavy atom. The van der Waals surface area contributed by atoms with E-state index in [9.17, 15) is 14.4 Å². The van der Waals surface area contributed by atoms with E-state index in [1.807, 2.05) is 42.5 Å². The SMILES string of the molecule is CC(=O)Nc1cccc(-c2cccc(CNCC3CCN(c4nccc(/C=C5\SC(=O)NC5=O)n4)CC3)n2)c1. The summed E-state index contributed by atoms with van der Waals surface area (Å²) in [4.78, 5) is 50.9. The van der Waals surface area contributed by atoms with Gasteiger partial charge in [-0.2, -0.15) is 0 Å². The van der Waals surface area contributed by atoms with Crippen LogP contribution in [0.3, 0.4) is 0 Å². The number of nitrogens with one attached hydrogen (secondary N) is 3. The van der Waals surface area contributed by atoms with E-state index in [0.29, 0.717) is 29.0 Å². The van der Waals surface area contributed by atoms with Crippen LogP contribution in [0, 0.1) is 5.92 Å². The Morgan fingerprint density at radius 1 is 1.13 bits per heavy atom. The molecule has 5 rings (SSSR count). The molecule has 3 aromatic rings. The molecule has 3 amide bonds. The van der Waals surface area contributed by atoms with Crippen molar-refractivity contribution in [3.8, 4) is 11.3 Å². The van der Waals surface area contributed by atoms with Crippen LogP contribution in [-0.2, 0) is 16.1 Å². The summed E-state index contributed by atoms with van der Waals surface area (Å²) in [6.07, 6.45) is 5.32. The lowest BCUT2D eigenvalue weighted by Crippen LogP contribution is -2.38. The van der Waals surface area contributed by atoms with Gasteiger partial charge >= 0.3 is 0 Å². The summed E-state index contributed by atoms with van der Waals surface area (Å²) in [5.41, 5.74) is 4.14. The van der Waals surface area contributed by atoms with E-state index < -0.39 is 5.91 Å². The van der Waals surface area contributed by atoms with Gasteiger partial charge in [-0.05, 0) is 73.5 Å². The fraction of sp³-hybridized carbons (Fsp3) is 0.286. The number of hydrogen-bond acceptors (Lipinski definition) is 9. The molecule has 11 heteroatoms. The highest BCUT2D eigenvalue weighted by Gasteiger charge is 2.25. The molecule has 200 valence electrons. The Hall–Kier alpha value is -4.09. The van der Waals surface area contributed by atoms with Crippen molar-refractivity contribution < 1.29 is 14.4 Å². The maximum atomic E-state index is 11.8. The first-order chi connectivity index (χ1) is 18.9. The van der Waals surface area contributed by atoms with Crippen molar-refractivity contribution in [1.82, 2.24) is 25.6 Å². The van der Waals surface area contributed by atoms with Gasteiger partial charge in [-0.1, -0.05) is 18.2 Å². The van der Waals surface area contributed by atoms with Gasteiger partial charge in [0, 0.05) is 44.0 Å². The highest BCUT2D eigenvalue weighted by Crippen LogP contribution is 2.26. The van der Waals surface area contributed by atoms with E-state index in [2.05, 4.69) is 30.8 Å². The summed E-state index contributed by atoms with van der Waals surface area (Å²) < 4.78 is 0. The average Bonchev–Trinajstić information content (AvgIpc) is 3.25. The van der Waals surface area contributed by atoms with Gasteiger partial charge < -0.3 is 15.5 Å². The lowest BCUT2D eigenvalue weighted by molar-refractivity contribution is -0.115. The minimum atomic E-state index is -0.392. The zero-order valence-corrected chi connectivity index (χ0v) is 22.3. The third-order valence-electron chi connectivity index (χ3n) is 6.51. The standard InChI is InChI=1S/C28H29N7O3S/c1-18(36)31-21-5-2-4-20(14-21)24-7-3-6-23(32-24)17-29-16-19-9-12-35(13-10-19)27-30-11-8-22(33-27)15-25-26(37)34-28(38)39-25/h2-8,11,14-15,19,29H,9-10,12-13,16-17H2,1H3,(H,31,36)(H,34,37,38)/b25-15-. The number of thioether (sulfide) groups is 1. The largest absolute Gasteiger partial charge is 0.341 e. The molecule has 0 unspecified atom stereocenters. The molecule has 2 aliphatic heterocycles. The number of piperidine rings is 1. The number of rotatable bonds is 8. The first-order valence-electron chi connectivity index (χ1n) is 12.8. The van der Waals surface area contributed by atoms with Crippen molar-refractivity contribution in [3.05, 3.63) is 71.0 Å². The Kier molecular flexibility index (Phi) is 8.28. The van der Waals surface area contributed by atoms with E-state index in [1.165, 1.54) is 6.92 Å². The number of anilines is 2. The van der Waals surface area contributed by atoms with Gasteiger partial charge in [0.05, 0.1) is 22.0 Å². The molecule has 2 saturated heterocycles. The van der Waals surface area contributed by atoms with E-state index in [-0.39, 0.29) is 11.1 Å². The Balaban J connectivity index is 1.11. The van der Waals surface area contributed by atoms with Crippen molar-refractivity contribution in [3.63, 3.8) is 0 Å². The minimum Gasteiger partial charge on any atom is -0.341 e. The molecule has 2 fully saturated rings. The zero-order valence-electron chi connectivity index (χ0n) is 21.5. The van der Waals surface area contributed by atoms with Crippen LogP contribution < -0.4 is 20.9 Å². The number of imide groups is 1. The van der Waals surface area contributed by atoms with Crippen LogP contribution >= 0.6 is 11.8 Å². The molecule has 0 radical (unpaired) electrons. The fourth-order valence-electron chi connectivity index (χ4n) is 4.59. The Labute approximate surface area is 230 Å². The van der Waals surface area contributed by atoms with Gasteiger partial charge in [-0.15, -0.1) is 0 Å². The lowest BCUT2D eigenvalue weighted by atomic mass is 9.97. The van der Waals surface area contributed by atoms with E-state index in [0.717, 1.165) is 66.9 Å². The number of carbonyl (C=O) groups is 3. The van der Waals surface area contributed by atoms with Crippen molar-refractivity contribution in [2.75, 3.05) is 29.9 Å². The van der Waals surface area contributed by atoms with Gasteiger partial charge in [0.25, 0.3) is 11.1 Å². The summed E-state index contributed by atoms with van der Waals surface area (Å²) >= 11 is 0.880. The van der Waals surface area contributed by atoms with E-state index in [4.69, 9.17) is 4.98 Å². The molecule has 2 aliphatic rings. The molecule has 0 atom stereocenters. The quantitative estimate of drug-likeness (QED) is 0.363. The molecule has 2 aromatic heterocycles. The topological polar surface area (TPSA) is 129 Å². The molecule has 0 bridgehead atoms. The molecule has 39 heavy (non-hydrogen) atoms. The van der Waals surface area contributed by atoms with Crippen molar-refractivity contribution in [2.24, 2.45) is 5.92 Å². The third-order valence-corrected chi connectivity index (χ3v) is 7.32. The maximum Gasteiger partial charge on any atom is 0.290 e. The number of carbonyl (C=O) groups excluding carboxylic acids is 3. The van der Waals surface area contributed by atoms with Crippen molar-refractivity contribution in [1.29, 1.82) is 0 Å². The summed E-state index contributed by atoms with van der Waals surface area (Å²) in [5.74, 6) is 0.676. The number of hydrogen-bond donors (Lipinski definition) is 3. The van der Waals surface area contributed by atoms with Gasteiger partial charge in [0.2, 0.25) is 11.9 Å². The number of amides is 3. The van der Waals surface area contributed by atoms with Crippen molar-refractivity contribution >= 4 is 46.5 Å². The molecule has 1 aromatic carbocycles. The smallest absolute Gasteiger partial charge is 0.290 e. The Bertz CT molecular complexity index is 1420. The molecular weight excluding hydrogens is 514 g/mol. The lowest BCUT2D eigenvalue weighted by Gasteiger charge is -2.32. The van der Waals surface area contributed by atoms with Crippen LogP contribution in [0.2, 0.25) is 0 Å². The summed E-state index contributed by atoms with van der Waals surface area (Å²) in [6, 6.07) is 15.4. The third kappa shape index (κ3) is 7.06. The van der Waals surface area contributed by atoms with Gasteiger partial charge in [-0.3, -0.25) is 24.7 Å². The van der Waals surface area contributed by atoms with Crippen LogP contribution in [0.25, 0.3) is 17.3 Å². The van der Waals surface area contributed by atoms with Crippen LogP contribution in [0.1, 0.15) is 31.2 Å². The predicted octanol–water partition coefficient (Wildman–Crippen LogP) is 3.83. The second kappa shape index (κ2) is 12.2. The summed E-state index contributed by atoms with van der Waals surface area (Å²) in [7, 11) is 0. The second-order valence-electron chi connectivity index (χ2n) is 9.47. The van der Waals surface area contributed by atoms with E-state index in [1.54, 1.807) is 18.3 Å². The number of benzene rings is 1. The van der Waals surface area contributed by atoms with Crippen molar-refractivity contribution in [2.45, 2.75) is 26.3 Å². The van der Waals surface area contributed by atoms with Gasteiger partial charge in [0.1, 0.15) is 0 Å². The highest BCUT2D eigenvalue weighted by atomic mass is 32.2. The molecular formula is C28H29N7O3S. The predicted molar refractivity (Wildman–Crippen MR) is 152 cm³/mol. The zero-order chi connectivity index (χ0) is 27.2. The molecule has 3 N–H and O–H groups in total. The van der Waals surface area contributed by atoms with Crippen LogP contribution in [0.4, 0.5) is 16.4 Å². The molecule has 4 heterocycles. The van der Waals surface area contributed by atoms with Crippen LogP contribution in [0.5, 0.6) is 0 Å². The van der Waals surface area contributed by atoms with Gasteiger partial charge in [0.15, 0.2) is 0 Å². The number of pyridine rings is 1. The van der Waals surface area contributed by atoms with Gasteiger partial charge in [-0.25, -0.2) is 9.97 Å². The Morgan fingerprint density at radius 3 is 2.72 bits per heavy atom. The maximum absolute atomic E-state index is 11.8. The molecule has 0 saturated carbocycles. The first kappa shape index (κ1) is 26.5. The minimum absolute atomic E-state index is 0.102. The van der Waals surface area contributed by atoms with E-state index >= 15 is 0 Å². The fourth-order valence-corrected chi connectivity index (χ4v) is 5.26. The molecule has 10 nitrogen and oxygen atoms in total. The molecule has 0 spiro atoms. The number of aromatic nitrogens is 3. The second-order valence-corrected chi connectivity index (χ2v) is 10.5. The normalized spacial score (nSPS) is 16.9. The number of nitrogens with zero attached hydrogens (tertiary/aromatic N) is 4. The van der Waals surface area contributed by atoms with Crippen LogP contribution in [0.15, 0.2) is 59.6 Å². The monoisotopic (exact) mass is 543 g/mol. The summed E-state index contributed by atoms with van der Waals surface area (Å²) in [5, 5.41) is 8.26. The highest BCUT2D eigenvalue weighted by molar-refractivity contribution is 8.18. The van der Waals surface area contributed by atoms with Crippen LogP contribution in [-0.4, -0.2) is 51.6 Å². The molecule has 0 aliphatic carbocycles. The first-order valence-corrected chi connectivity index (χ1v) is 13.6. The average molecular weight is 544 g/mol.